The number of aromatic nitrogens is 1. The average Bonchev–Trinajstić information content (AvgIpc) is 2.95. The molecule has 0 bridgehead atoms. The summed E-state index contributed by atoms with van der Waals surface area (Å²) < 4.78 is 17.7. The Morgan fingerprint density at radius 2 is 2.05 bits per heavy atom. The number of hydrogen-bond donors (Lipinski definition) is 0. The SMILES string of the molecule is COc1cc(-c2nc3ccccc3s2)ccc1OC1CCO1. The molecule has 1 saturated heterocycles. The third-order valence-electron chi connectivity index (χ3n) is 3.62. The van der Waals surface area contributed by atoms with Crippen molar-refractivity contribution in [1.82, 2.24) is 4.98 Å². The third kappa shape index (κ3) is 2.42. The number of ether oxygens (including phenoxy) is 3. The maximum atomic E-state index is 5.76. The van der Waals surface area contributed by atoms with Crippen LogP contribution in [-0.4, -0.2) is 25.0 Å². The van der Waals surface area contributed by atoms with Crippen LogP contribution in [0, 0.1) is 0 Å². The van der Waals surface area contributed by atoms with Crippen LogP contribution >= 0.6 is 11.3 Å². The van der Waals surface area contributed by atoms with Crippen LogP contribution in [0.4, 0.5) is 0 Å². The molecule has 3 aromatic rings. The van der Waals surface area contributed by atoms with Gasteiger partial charge in [-0.05, 0) is 30.3 Å². The average molecular weight is 313 g/mol. The van der Waals surface area contributed by atoms with E-state index in [1.807, 2.05) is 36.4 Å². The molecular formula is C17H15NO3S. The normalized spacial score (nSPS) is 17.2. The zero-order valence-electron chi connectivity index (χ0n) is 12.1. The van der Waals surface area contributed by atoms with E-state index in [0.29, 0.717) is 11.5 Å². The molecule has 0 aliphatic carbocycles. The number of hydrogen-bond acceptors (Lipinski definition) is 5. The Balaban J connectivity index is 1.69. The molecular weight excluding hydrogens is 298 g/mol. The molecule has 1 aromatic heterocycles. The van der Waals surface area contributed by atoms with Gasteiger partial charge in [-0.3, -0.25) is 0 Å². The predicted octanol–water partition coefficient (Wildman–Crippen LogP) is 4.10. The van der Waals surface area contributed by atoms with E-state index in [1.165, 1.54) is 4.70 Å². The first kappa shape index (κ1) is 13.5. The maximum Gasteiger partial charge on any atom is 0.202 e. The van der Waals surface area contributed by atoms with Gasteiger partial charge in [-0.1, -0.05) is 12.1 Å². The summed E-state index contributed by atoms with van der Waals surface area (Å²) in [7, 11) is 1.64. The summed E-state index contributed by atoms with van der Waals surface area (Å²) in [6, 6.07) is 14.0. The lowest BCUT2D eigenvalue weighted by Gasteiger charge is -2.27. The van der Waals surface area contributed by atoms with Crippen molar-refractivity contribution in [2.45, 2.75) is 12.7 Å². The van der Waals surface area contributed by atoms with Gasteiger partial charge < -0.3 is 14.2 Å². The molecule has 0 radical (unpaired) electrons. The zero-order chi connectivity index (χ0) is 14.9. The quantitative estimate of drug-likeness (QED) is 0.727. The Morgan fingerprint density at radius 3 is 2.77 bits per heavy atom. The van der Waals surface area contributed by atoms with Crippen LogP contribution in [0.5, 0.6) is 11.5 Å². The van der Waals surface area contributed by atoms with Gasteiger partial charge in [0.1, 0.15) is 5.01 Å². The molecule has 2 aromatic carbocycles. The van der Waals surface area contributed by atoms with Gasteiger partial charge >= 0.3 is 0 Å². The summed E-state index contributed by atoms with van der Waals surface area (Å²) >= 11 is 1.67. The van der Waals surface area contributed by atoms with E-state index in [4.69, 9.17) is 14.2 Å². The lowest BCUT2D eigenvalue weighted by atomic mass is 10.2. The number of methoxy groups -OCH3 is 1. The fraction of sp³-hybridized carbons (Fsp3) is 0.235. The fourth-order valence-electron chi connectivity index (χ4n) is 2.34. The summed E-state index contributed by atoms with van der Waals surface area (Å²) in [5.41, 5.74) is 2.05. The molecule has 4 nitrogen and oxygen atoms in total. The number of nitrogens with zero attached hydrogens (tertiary/aromatic N) is 1. The molecule has 5 heteroatoms. The van der Waals surface area contributed by atoms with Gasteiger partial charge in [0.25, 0.3) is 0 Å². The minimum atomic E-state index is -0.151. The van der Waals surface area contributed by atoms with Gasteiger partial charge in [-0.2, -0.15) is 0 Å². The molecule has 22 heavy (non-hydrogen) atoms. The molecule has 2 heterocycles. The number of para-hydroxylation sites is 1. The largest absolute Gasteiger partial charge is 0.493 e. The molecule has 1 unspecified atom stereocenters. The van der Waals surface area contributed by atoms with Crippen molar-refractivity contribution >= 4 is 21.6 Å². The second kappa shape index (κ2) is 5.59. The van der Waals surface area contributed by atoms with Gasteiger partial charge in [0.15, 0.2) is 11.5 Å². The summed E-state index contributed by atoms with van der Waals surface area (Å²) in [6.07, 6.45) is 0.769. The maximum absolute atomic E-state index is 5.76. The molecule has 0 spiro atoms. The van der Waals surface area contributed by atoms with Crippen molar-refractivity contribution < 1.29 is 14.2 Å². The molecule has 0 amide bonds. The van der Waals surface area contributed by atoms with Gasteiger partial charge in [-0.15, -0.1) is 11.3 Å². The highest BCUT2D eigenvalue weighted by Gasteiger charge is 2.21. The molecule has 1 fully saturated rings. The highest BCUT2D eigenvalue weighted by Crippen LogP contribution is 2.37. The van der Waals surface area contributed by atoms with Crippen LogP contribution in [-0.2, 0) is 4.74 Å². The standard InChI is InChI=1S/C17H15NO3S/c1-19-14-10-11(6-7-13(14)21-16-8-9-20-16)17-18-12-4-2-3-5-15(12)22-17/h2-7,10,16H,8-9H2,1H3. The van der Waals surface area contributed by atoms with E-state index in [9.17, 15) is 0 Å². The lowest BCUT2D eigenvalue weighted by molar-refractivity contribution is -0.165. The number of rotatable bonds is 4. The van der Waals surface area contributed by atoms with E-state index in [-0.39, 0.29) is 6.29 Å². The minimum absolute atomic E-state index is 0.151. The zero-order valence-corrected chi connectivity index (χ0v) is 12.9. The van der Waals surface area contributed by atoms with Crippen molar-refractivity contribution in [1.29, 1.82) is 0 Å². The Labute approximate surface area is 132 Å². The molecule has 0 N–H and O–H groups in total. The predicted molar refractivity (Wildman–Crippen MR) is 86.6 cm³/mol. The molecule has 1 atom stereocenters. The van der Waals surface area contributed by atoms with Crippen LogP contribution in [0.3, 0.4) is 0 Å². The molecule has 112 valence electrons. The Morgan fingerprint density at radius 1 is 1.18 bits per heavy atom. The minimum Gasteiger partial charge on any atom is -0.493 e. The van der Waals surface area contributed by atoms with Crippen LogP contribution in [0.1, 0.15) is 6.42 Å². The second-order valence-corrected chi connectivity index (χ2v) is 6.09. The van der Waals surface area contributed by atoms with E-state index in [2.05, 4.69) is 11.1 Å². The summed E-state index contributed by atoms with van der Waals surface area (Å²) in [4.78, 5) is 4.67. The van der Waals surface area contributed by atoms with Crippen LogP contribution in [0.2, 0.25) is 0 Å². The number of thiazole rings is 1. The van der Waals surface area contributed by atoms with Crippen molar-refractivity contribution in [2.75, 3.05) is 13.7 Å². The Hall–Kier alpha value is -2.11. The van der Waals surface area contributed by atoms with Crippen LogP contribution in [0.15, 0.2) is 42.5 Å². The highest BCUT2D eigenvalue weighted by atomic mass is 32.1. The first-order chi connectivity index (χ1) is 10.8. The van der Waals surface area contributed by atoms with Gasteiger partial charge in [0.05, 0.1) is 23.9 Å². The van der Waals surface area contributed by atoms with Gasteiger partial charge in [0, 0.05) is 12.0 Å². The number of benzene rings is 2. The summed E-state index contributed by atoms with van der Waals surface area (Å²) in [6.45, 7) is 0.761. The van der Waals surface area contributed by atoms with Gasteiger partial charge in [-0.25, -0.2) is 4.98 Å². The molecule has 4 rings (SSSR count). The summed E-state index contributed by atoms with van der Waals surface area (Å²) in [5, 5.41) is 0.978. The Kier molecular flexibility index (Phi) is 3.44. The first-order valence-electron chi connectivity index (χ1n) is 7.16. The third-order valence-corrected chi connectivity index (χ3v) is 4.71. The van der Waals surface area contributed by atoms with E-state index in [1.54, 1.807) is 18.4 Å². The highest BCUT2D eigenvalue weighted by molar-refractivity contribution is 7.21. The topological polar surface area (TPSA) is 40.6 Å². The molecule has 1 aliphatic heterocycles. The first-order valence-corrected chi connectivity index (χ1v) is 7.97. The molecule has 0 saturated carbocycles. The smallest absolute Gasteiger partial charge is 0.202 e. The second-order valence-electron chi connectivity index (χ2n) is 5.06. The number of fused-ring (bicyclic) bond motifs is 1. The monoisotopic (exact) mass is 313 g/mol. The molecule has 1 aliphatic rings. The Bertz CT molecular complexity index is 778. The van der Waals surface area contributed by atoms with Crippen LogP contribution < -0.4 is 9.47 Å². The van der Waals surface area contributed by atoms with E-state index >= 15 is 0 Å². The van der Waals surface area contributed by atoms with Crippen molar-refractivity contribution in [2.24, 2.45) is 0 Å². The van der Waals surface area contributed by atoms with Crippen molar-refractivity contribution in [3.05, 3.63) is 42.5 Å². The van der Waals surface area contributed by atoms with E-state index < -0.39 is 0 Å². The fourth-order valence-corrected chi connectivity index (χ4v) is 3.30. The summed E-state index contributed by atoms with van der Waals surface area (Å²) in [5.74, 6) is 1.41. The van der Waals surface area contributed by atoms with E-state index in [0.717, 1.165) is 29.1 Å². The van der Waals surface area contributed by atoms with Crippen LogP contribution in [0.25, 0.3) is 20.8 Å². The van der Waals surface area contributed by atoms with Crippen molar-refractivity contribution in [3.8, 4) is 22.1 Å². The lowest BCUT2D eigenvalue weighted by Crippen LogP contribution is -2.32. The van der Waals surface area contributed by atoms with Gasteiger partial charge in [0.2, 0.25) is 6.29 Å². The van der Waals surface area contributed by atoms with Crippen molar-refractivity contribution in [3.63, 3.8) is 0 Å².